The molecule has 0 heterocycles. The highest BCUT2D eigenvalue weighted by Crippen LogP contribution is 2.16. The monoisotopic (exact) mass is 400 g/mol. The van der Waals surface area contributed by atoms with Crippen molar-refractivity contribution in [1.29, 1.82) is 0 Å². The Labute approximate surface area is 163 Å². The molecule has 1 rings (SSSR count). The van der Waals surface area contributed by atoms with Crippen LogP contribution in [0.25, 0.3) is 0 Å². The first-order valence-corrected chi connectivity index (χ1v) is 10.6. The summed E-state index contributed by atoms with van der Waals surface area (Å²) in [5.41, 5.74) is 0.489. The first kappa shape index (κ1) is 23.6. The van der Waals surface area contributed by atoms with Gasteiger partial charge in [0, 0.05) is 7.11 Å². The number of hydrogen-bond donors (Lipinski definition) is 0. The Bertz CT molecular complexity index is 673. The van der Waals surface area contributed by atoms with Crippen molar-refractivity contribution >= 4 is 16.1 Å². The van der Waals surface area contributed by atoms with Crippen molar-refractivity contribution in [2.45, 2.75) is 76.4 Å². The third-order valence-corrected chi connectivity index (χ3v) is 5.19. The molecule has 7 heteroatoms. The summed E-state index contributed by atoms with van der Waals surface area (Å²) in [7, 11) is -2.13. The molecule has 0 aliphatic rings. The Balaban J connectivity index is 2.27. The molecule has 0 N–H and O–H groups in total. The van der Waals surface area contributed by atoms with Gasteiger partial charge < -0.3 is 9.47 Å². The zero-order valence-corrected chi connectivity index (χ0v) is 17.8. The van der Waals surface area contributed by atoms with E-state index in [1.807, 2.05) is 27.7 Å². The van der Waals surface area contributed by atoms with Crippen LogP contribution in [0, 0.1) is 6.92 Å². The van der Waals surface area contributed by atoms with Gasteiger partial charge in [0.2, 0.25) is 0 Å². The predicted octanol–water partition coefficient (Wildman–Crippen LogP) is 4.01. The maximum absolute atomic E-state index is 12.1. The van der Waals surface area contributed by atoms with Gasteiger partial charge in [-0.05, 0) is 52.7 Å². The zero-order chi connectivity index (χ0) is 20.5. The third-order valence-electron chi connectivity index (χ3n) is 3.87. The van der Waals surface area contributed by atoms with Crippen molar-refractivity contribution in [2.24, 2.45) is 0 Å². The number of esters is 1. The number of ether oxygens (including phenoxy) is 2. The second-order valence-corrected chi connectivity index (χ2v) is 9.20. The van der Waals surface area contributed by atoms with Gasteiger partial charge in [-0.15, -0.1) is 0 Å². The molecule has 0 aromatic heterocycles. The lowest BCUT2D eigenvalue weighted by molar-refractivity contribution is -0.157. The quantitative estimate of drug-likeness (QED) is 0.317. The molecule has 0 aliphatic heterocycles. The summed E-state index contributed by atoms with van der Waals surface area (Å²) < 4.78 is 39.9. The predicted molar refractivity (Wildman–Crippen MR) is 104 cm³/mol. The van der Waals surface area contributed by atoms with Crippen LogP contribution in [-0.2, 0) is 28.6 Å². The average molecular weight is 401 g/mol. The maximum atomic E-state index is 12.1. The van der Waals surface area contributed by atoms with Crippen LogP contribution in [-0.4, -0.2) is 39.8 Å². The van der Waals surface area contributed by atoms with Gasteiger partial charge in [-0.3, -0.25) is 8.98 Å². The zero-order valence-electron chi connectivity index (χ0n) is 17.0. The van der Waals surface area contributed by atoms with Crippen LogP contribution < -0.4 is 0 Å². The second-order valence-electron chi connectivity index (χ2n) is 7.59. The van der Waals surface area contributed by atoms with E-state index < -0.39 is 15.7 Å². The van der Waals surface area contributed by atoms with Crippen molar-refractivity contribution in [3.63, 3.8) is 0 Å². The Kier molecular flexibility index (Phi) is 9.42. The van der Waals surface area contributed by atoms with Gasteiger partial charge in [0.15, 0.2) is 0 Å². The normalized spacial score (nSPS) is 13.4. The highest BCUT2D eigenvalue weighted by molar-refractivity contribution is 7.86. The molecule has 154 valence electrons. The van der Waals surface area contributed by atoms with E-state index in [0.717, 1.165) is 18.4 Å². The fourth-order valence-corrected chi connectivity index (χ4v) is 3.41. The first-order valence-electron chi connectivity index (χ1n) is 9.24. The highest BCUT2D eigenvalue weighted by atomic mass is 32.2. The number of benzene rings is 1. The van der Waals surface area contributed by atoms with Crippen LogP contribution in [0.4, 0.5) is 0 Å². The summed E-state index contributed by atoms with van der Waals surface area (Å²) in [6, 6.07) is 6.58. The molecule has 27 heavy (non-hydrogen) atoms. The molecule has 0 unspecified atom stereocenters. The Morgan fingerprint density at radius 2 is 1.70 bits per heavy atom. The molecule has 6 nitrogen and oxygen atoms in total. The summed E-state index contributed by atoms with van der Waals surface area (Å²) in [4.78, 5) is 12.0. The molecular weight excluding hydrogens is 368 g/mol. The molecule has 0 bridgehead atoms. The fourth-order valence-electron chi connectivity index (χ4n) is 2.46. The van der Waals surface area contributed by atoms with E-state index in [0.29, 0.717) is 12.8 Å². The molecule has 1 atom stereocenters. The lowest BCUT2D eigenvalue weighted by atomic mass is 10.1. The topological polar surface area (TPSA) is 78.9 Å². The van der Waals surface area contributed by atoms with Gasteiger partial charge in [-0.25, -0.2) is 0 Å². The smallest absolute Gasteiger partial charge is 0.308 e. The number of rotatable bonds is 11. The van der Waals surface area contributed by atoms with Crippen molar-refractivity contribution in [2.75, 3.05) is 13.7 Å². The first-order chi connectivity index (χ1) is 12.5. The van der Waals surface area contributed by atoms with E-state index in [9.17, 15) is 13.2 Å². The van der Waals surface area contributed by atoms with Gasteiger partial charge in [0.1, 0.15) is 5.60 Å². The van der Waals surface area contributed by atoms with E-state index in [2.05, 4.69) is 0 Å². The molecule has 0 aliphatic carbocycles. The highest BCUT2D eigenvalue weighted by Gasteiger charge is 2.20. The third kappa shape index (κ3) is 9.89. The minimum absolute atomic E-state index is 0.139. The van der Waals surface area contributed by atoms with Crippen LogP contribution in [0.5, 0.6) is 0 Å². The van der Waals surface area contributed by atoms with Crippen LogP contribution >= 0.6 is 0 Å². The Morgan fingerprint density at radius 1 is 1.07 bits per heavy atom. The summed E-state index contributed by atoms with van der Waals surface area (Å²) >= 11 is 0. The fraction of sp³-hybridized carbons (Fsp3) is 0.650. The van der Waals surface area contributed by atoms with Crippen molar-refractivity contribution < 1.29 is 26.9 Å². The molecule has 0 radical (unpaired) electrons. The van der Waals surface area contributed by atoms with Gasteiger partial charge >= 0.3 is 5.97 Å². The maximum Gasteiger partial charge on any atom is 0.308 e. The van der Waals surface area contributed by atoms with Crippen molar-refractivity contribution in [3.8, 4) is 0 Å². The number of carbonyl (C=O) groups excluding carboxylic acids is 1. The molecule has 0 fully saturated rings. The lowest BCUT2D eigenvalue weighted by Crippen LogP contribution is -2.27. The molecule has 1 aromatic carbocycles. The second kappa shape index (κ2) is 10.8. The van der Waals surface area contributed by atoms with Gasteiger partial charge in [-0.1, -0.05) is 30.5 Å². The molecular formula is C20H32O6S. The summed E-state index contributed by atoms with van der Waals surface area (Å²) in [5.74, 6) is -0.276. The number of carbonyl (C=O) groups is 1. The van der Waals surface area contributed by atoms with E-state index in [4.69, 9.17) is 13.7 Å². The lowest BCUT2D eigenvalue weighted by Gasteiger charge is -2.21. The van der Waals surface area contributed by atoms with Crippen LogP contribution in [0.1, 0.15) is 58.4 Å². The minimum Gasteiger partial charge on any atom is -0.460 e. The van der Waals surface area contributed by atoms with Crippen LogP contribution in [0.2, 0.25) is 0 Å². The largest absolute Gasteiger partial charge is 0.460 e. The van der Waals surface area contributed by atoms with E-state index in [-0.39, 0.29) is 30.0 Å². The van der Waals surface area contributed by atoms with Crippen molar-refractivity contribution in [3.05, 3.63) is 29.8 Å². The van der Waals surface area contributed by atoms with Gasteiger partial charge in [0.05, 0.1) is 24.0 Å². The van der Waals surface area contributed by atoms with Gasteiger partial charge in [0.25, 0.3) is 10.1 Å². The minimum atomic E-state index is -3.70. The standard InChI is InChI=1S/C20H32O6S/c1-16-10-12-18(13-11-16)27(22,23)25-14-8-6-7-9-17(24-5)15-19(21)26-20(2,3)4/h10-13,17H,6-9,14-15H2,1-5H3/t17-/m1/s1. The average Bonchev–Trinajstić information content (AvgIpc) is 2.55. The number of methoxy groups -OCH3 is 1. The molecule has 1 aromatic rings. The summed E-state index contributed by atoms with van der Waals surface area (Å²) in [6.07, 6.45) is 2.95. The van der Waals surface area contributed by atoms with E-state index in [1.165, 1.54) is 0 Å². The molecule has 0 amide bonds. The van der Waals surface area contributed by atoms with Gasteiger partial charge in [-0.2, -0.15) is 8.42 Å². The Morgan fingerprint density at radius 3 is 2.26 bits per heavy atom. The summed E-state index contributed by atoms with van der Waals surface area (Å²) in [6.45, 7) is 7.53. The SMILES string of the molecule is CO[C@H](CCCCCOS(=O)(=O)c1ccc(C)cc1)CC(=O)OC(C)(C)C. The molecule has 0 saturated heterocycles. The number of unbranched alkanes of at least 4 members (excludes halogenated alkanes) is 2. The molecule has 0 saturated carbocycles. The molecule has 0 spiro atoms. The van der Waals surface area contributed by atoms with Crippen molar-refractivity contribution in [1.82, 2.24) is 0 Å². The van der Waals surface area contributed by atoms with E-state index in [1.54, 1.807) is 31.4 Å². The van der Waals surface area contributed by atoms with E-state index >= 15 is 0 Å². The summed E-state index contributed by atoms with van der Waals surface area (Å²) in [5, 5.41) is 0. The number of hydrogen-bond acceptors (Lipinski definition) is 6. The number of aryl methyl sites for hydroxylation is 1. The van der Waals surface area contributed by atoms with Crippen LogP contribution in [0.15, 0.2) is 29.2 Å². The Hall–Kier alpha value is -1.44. The van der Waals surface area contributed by atoms with Crippen LogP contribution in [0.3, 0.4) is 0 Å².